The predicted molar refractivity (Wildman–Crippen MR) is 90.9 cm³/mol. The lowest BCUT2D eigenvalue weighted by molar-refractivity contribution is 0.189. The molecule has 1 heterocycles. The summed E-state index contributed by atoms with van der Waals surface area (Å²) >= 11 is 5.82. The lowest BCUT2D eigenvalue weighted by Gasteiger charge is -2.28. The first kappa shape index (κ1) is 15.7. The zero-order valence-electron chi connectivity index (χ0n) is 12.8. The molecule has 0 atom stereocenters. The van der Waals surface area contributed by atoms with Gasteiger partial charge in [-0.05, 0) is 41.8 Å². The molecule has 0 fully saturated rings. The Balaban J connectivity index is 1.42. The number of rotatable bonds is 4. The molecule has 1 aliphatic rings. The molecule has 0 spiro atoms. The van der Waals surface area contributed by atoms with Crippen molar-refractivity contribution < 1.29 is 9.53 Å². The van der Waals surface area contributed by atoms with E-state index in [0.29, 0.717) is 24.7 Å². The average molecular weight is 331 g/mol. The Morgan fingerprint density at radius 2 is 1.87 bits per heavy atom. The molecule has 0 bridgehead atoms. The van der Waals surface area contributed by atoms with E-state index in [-0.39, 0.29) is 6.03 Å². The first-order chi connectivity index (χ1) is 11.2. The molecule has 1 aliphatic heterocycles. The number of hydrogen-bond donors (Lipinski definition) is 1. The van der Waals surface area contributed by atoms with Gasteiger partial charge >= 0.3 is 6.03 Å². The minimum atomic E-state index is -0.0424. The van der Waals surface area contributed by atoms with Crippen LogP contribution in [0.15, 0.2) is 48.5 Å². The molecule has 1 N–H and O–H groups in total. The highest BCUT2D eigenvalue weighted by Gasteiger charge is 2.19. The second kappa shape index (κ2) is 7.38. The van der Waals surface area contributed by atoms with E-state index < -0.39 is 0 Å². The molecule has 0 saturated heterocycles. The van der Waals surface area contributed by atoms with Crippen LogP contribution in [0.5, 0.6) is 5.75 Å². The van der Waals surface area contributed by atoms with Gasteiger partial charge < -0.3 is 15.0 Å². The van der Waals surface area contributed by atoms with E-state index in [1.807, 2.05) is 29.2 Å². The van der Waals surface area contributed by atoms with Crippen molar-refractivity contribution >= 4 is 17.6 Å². The van der Waals surface area contributed by atoms with E-state index in [0.717, 1.165) is 18.7 Å². The predicted octanol–water partition coefficient (Wildman–Crippen LogP) is 3.49. The number of carbonyl (C=O) groups is 1. The lowest BCUT2D eigenvalue weighted by atomic mass is 10.0. The molecule has 0 aliphatic carbocycles. The van der Waals surface area contributed by atoms with Gasteiger partial charge in [0, 0.05) is 18.1 Å². The molecule has 3 rings (SSSR count). The van der Waals surface area contributed by atoms with Crippen molar-refractivity contribution in [2.75, 3.05) is 19.7 Å². The summed E-state index contributed by atoms with van der Waals surface area (Å²) in [6.45, 7) is 2.32. The van der Waals surface area contributed by atoms with Gasteiger partial charge in [-0.25, -0.2) is 4.79 Å². The second-order valence-corrected chi connectivity index (χ2v) is 5.91. The van der Waals surface area contributed by atoms with E-state index in [1.165, 1.54) is 11.1 Å². The molecule has 0 saturated carbocycles. The van der Waals surface area contributed by atoms with Gasteiger partial charge in [0.1, 0.15) is 12.4 Å². The highest BCUT2D eigenvalue weighted by atomic mass is 35.5. The number of urea groups is 1. The van der Waals surface area contributed by atoms with E-state index >= 15 is 0 Å². The number of benzene rings is 2. The molecule has 0 aromatic heterocycles. The van der Waals surface area contributed by atoms with Gasteiger partial charge in [0.25, 0.3) is 0 Å². The fraction of sp³-hybridized carbons (Fsp3) is 0.278. The molecule has 23 heavy (non-hydrogen) atoms. The molecule has 0 radical (unpaired) electrons. The number of fused-ring (bicyclic) bond motifs is 1. The van der Waals surface area contributed by atoms with Crippen molar-refractivity contribution in [3.63, 3.8) is 0 Å². The molecule has 0 unspecified atom stereocenters. The third-order valence-corrected chi connectivity index (χ3v) is 4.13. The lowest BCUT2D eigenvalue weighted by Crippen LogP contribution is -2.43. The van der Waals surface area contributed by atoms with Crippen LogP contribution in [0, 0.1) is 0 Å². The summed E-state index contributed by atoms with van der Waals surface area (Å²) in [4.78, 5) is 14.0. The van der Waals surface area contributed by atoms with Crippen LogP contribution in [0.2, 0.25) is 5.02 Å². The van der Waals surface area contributed by atoms with Crippen LogP contribution in [0.1, 0.15) is 11.1 Å². The van der Waals surface area contributed by atoms with Gasteiger partial charge in [0.15, 0.2) is 0 Å². The molecule has 2 aromatic rings. The van der Waals surface area contributed by atoms with E-state index in [2.05, 4.69) is 17.4 Å². The smallest absolute Gasteiger partial charge is 0.317 e. The average Bonchev–Trinajstić information content (AvgIpc) is 2.59. The Bertz CT molecular complexity index is 673. The molecule has 2 amide bonds. The number of ether oxygens (including phenoxy) is 1. The molecular formula is C18H19ClN2O2. The monoisotopic (exact) mass is 330 g/mol. The van der Waals surface area contributed by atoms with Crippen LogP contribution in [-0.2, 0) is 13.0 Å². The van der Waals surface area contributed by atoms with Crippen LogP contribution in [0.3, 0.4) is 0 Å². The largest absolute Gasteiger partial charge is 0.492 e. The van der Waals surface area contributed by atoms with Gasteiger partial charge in [0.2, 0.25) is 0 Å². The Morgan fingerprint density at radius 1 is 1.13 bits per heavy atom. The number of nitrogens with one attached hydrogen (secondary N) is 1. The third kappa shape index (κ3) is 4.17. The molecule has 5 heteroatoms. The van der Waals surface area contributed by atoms with E-state index in [9.17, 15) is 4.79 Å². The van der Waals surface area contributed by atoms with Gasteiger partial charge in [0.05, 0.1) is 6.54 Å². The minimum Gasteiger partial charge on any atom is -0.492 e. The number of nitrogens with zero attached hydrogens (tertiary/aromatic N) is 1. The van der Waals surface area contributed by atoms with Crippen molar-refractivity contribution in [2.24, 2.45) is 0 Å². The summed E-state index contributed by atoms with van der Waals surface area (Å²) in [5, 5.41) is 3.58. The van der Waals surface area contributed by atoms with Gasteiger partial charge in [-0.1, -0.05) is 35.9 Å². The summed E-state index contributed by atoms with van der Waals surface area (Å²) < 4.78 is 5.56. The third-order valence-electron chi connectivity index (χ3n) is 3.88. The Morgan fingerprint density at radius 3 is 2.65 bits per heavy atom. The summed E-state index contributed by atoms with van der Waals surface area (Å²) in [6.07, 6.45) is 0.908. The first-order valence-electron chi connectivity index (χ1n) is 7.70. The van der Waals surface area contributed by atoms with Crippen LogP contribution in [0.4, 0.5) is 4.79 Å². The van der Waals surface area contributed by atoms with Gasteiger partial charge in [-0.2, -0.15) is 0 Å². The molecular weight excluding hydrogens is 312 g/mol. The maximum atomic E-state index is 12.2. The fourth-order valence-corrected chi connectivity index (χ4v) is 2.76. The zero-order valence-corrected chi connectivity index (χ0v) is 13.6. The molecule has 120 valence electrons. The van der Waals surface area contributed by atoms with Crippen LogP contribution in [0.25, 0.3) is 0 Å². The fourth-order valence-electron chi connectivity index (χ4n) is 2.64. The van der Waals surface area contributed by atoms with E-state index in [4.69, 9.17) is 16.3 Å². The van der Waals surface area contributed by atoms with Crippen molar-refractivity contribution in [1.82, 2.24) is 10.2 Å². The van der Waals surface area contributed by atoms with Gasteiger partial charge in [-0.15, -0.1) is 0 Å². The SMILES string of the molecule is O=C(NCCOc1ccc(Cl)cc1)N1CCc2ccccc2C1. The summed E-state index contributed by atoms with van der Waals surface area (Å²) in [5.41, 5.74) is 2.56. The highest BCUT2D eigenvalue weighted by Crippen LogP contribution is 2.18. The maximum absolute atomic E-state index is 12.2. The number of halogens is 1. The normalized spacial score (nSPS) is 13.3. The maximum Gasteiger partial charge on any atom is 0.317 e. The van der Waals surface area contributed by atoms with Crippen molar-refractivity contribution in [3.8, 4) is 5.75 Å². The standard InChI is InChI=1S/C18H19ClN2O2/c19-16-5-7-17(8-6-16)23-12-10-20-18(22)21-11-9-14-3-1-2-4-15(14)13-21/h1-8H,9-13H2,(H,20,22). The number of hydrogen-bond acceptors (Lipinski definition) is 2. The van der Waals surface area contributed by atoms with Gasteiger partial charge in [-0.3, -0.25) is 0 Å². The quantitative estimate of drug-likeness (QED) is 0.872. The van der Waals surface area contributed by atoms with Crippen molar-refractivity contribution in [3.05, 3.63) is 64.7 Å². The Labute approximate surface area is 141 Å². The van der Waals surface area contributed by atoms with Crippen LogP contribution >= 0.6 is 11.6 Å². The number of amides is 2. The molecule has 2 aromatic carbocycles. The summed E-state index contributed by atoms with van der Waals surface area (Å²) in [5.74, 6) is 0.746. The summed E-state index contributed by atoms with van der Waals surface area (Å²) in [6, 6.07) is 15.4. The number of carbonyl (C=O) groups excluding carboxylic acids is 1. The molecule has 4 nitrogen and oxygen atoms in total. The first-order valence-corrected chi connectivity index (χ1v) is 8.08. The van der Waals surface area contributed by atoms with Crippen molar-refractivity contribution in [1.29, 1.82) is 0 Å². The van der Waals surface area contributed by atoms with E-state index in [1.54, 1.807) is 12.1 Å². The Hall–Kier alpha value is -2.20. The summed E-state index contributed by atoms with van der Waals surface area (Å²) in [7, 11) is 0. The topological polar surface area (TPSA) is 41.6 Å². The van der Waals surface area contributed by atoms with Crippen LogP contribution < -0.4 is 10.1 Å². The zero-order chi connectivity index (χ0) is 16.1. The highest BCUT2D eigenvalue weighted by molar-refractivity contribution is 6.30. The Kier molecular flexibility index (Phi) is 5.03. The minimum absolute atomic E-state index is 0.0424. The van der Waals surface area contributed by atoms with Crippen LogP contribution in [-0.4, -0.2) is 30.6 Å². The second-order valence-electron chi connectivity index (χ2n) is 5.47. The van der Waals surface area contributed by atoms with Crippen molar-refractivity contribution in [2.45, 2.75) is 13.0 Å².